The van der Waals surface area contributed by atoms with Gasteiger partial charge in [0.25, 0.3) is 5.91 Å². The molecule has 122 valence electrons. The first-order valence-corrected chi connectivity index (χ1v) is 9.58. The van der Waals surface area contributed by atoms with Crippen LogP contribution in [0.2, 0.25) is 0 Å². The molecule has 0 spiro atoms. The normalized spacial score (nSPS) is 16.4. The van der Waals surface area contributed by atoms with E-state index in [0.717, 1.165) is 24.9 Å². The number of carbonyl (C=O) groups is 1. The molecule has 0 saturated heterocycles. The molecule has 2 aromatic rings. The van der Waals surface area contributed by atoms with Crippen LogP contribution in [-0.4, -0.2) is 12.5 Å². The second kappa shape index (κ2) is 7.31. The number of benzene rings is 1. The first-order chi connectivity index (χ1) is 11.2. The van der Waals surface area contributed by atoms with Crippen LogP contribution in [0, 0.1) is 0 Å². The molecule has 0 radical (unpaired) electrons. The molecule has 2 nitrogen and oxygen atoms in total. The average Bonchev–Trinajstić information content (AvgIpc) is 3.26. The van der Waals surface area contributed by atoms with E-state index in [2.05, 4.69) is 41.2 Å². The first-order valence-electron chi connectivity index (χ1n) is 8.63. The number of amides is 1. The van der Waals surface area contributed by atoms with Crippen molar-refractivity contribution in [2.24, 2.45) is 0 Å². The van der Waals surface area contributed by atoms with Gasteiger partial charge in [0.2, 0.25) is 0 Å². The van der Waals surface area contributed by atoms with Crippen molar-refractivity contribution in [3.63, 3.8) is 0 Å². The molecule has 3 rings (SSSR count). The van der Waals surface area contributed by atoms with Gasteiger partial charge in [-0.05, 0) is 59.3 Å². The highest BCUT2D eigenvalue weighted by Crippen LogP contribution is 2.41. The Kier molecular flexibility index (Phi) is 5.16. The summed E-state index contributed by atoms with van der Waals surface area (Å²) in [6.45, 7) is 2.92. The van der Waals surface area contributed by atoms with Gasteiger partial charge in [-0.15, -0.1) is 0 Å². The third-order valence-electron chi connectivity index (χ3n) is 5.04. The molecule has 1 aliphatic rings. The highest BCUT2D eigenvalue weighted by molar-refractivity contribution is 7.08. The number of hydrogen-bond donors (Lipinski definition) is 1. The van der Waals surface area contributed by atoms with Crippen LogP contribution in [0.4, 0.5) is 0 Å². The monoisotopic (exact) mass is 327 g/mol. The van der Waals surface area contributed by atoms with Crippen LogP contribution >= 0.6 is 11.3 Å². The Hall–Kier alpha value is -1.61. The van der Waals surface area contributed by atoms with E-state index < -0.39 is 0 Å². The summed E-state index contributed by atoms with van der Waals surface area (Å²) in [6, 6.07) is 10.3. The van der Waals surface area contributed by atoms with Crippen molar-refractivity contribution in [2.45, 2.75) is 50.9 Å². The molecule has 1 amide bonds. The fourth-order valence-corrected chi connectivity index (χ4v) is 4.43. The van der Waals surface area contributed by atoms with E-state index in [4.69, 9.17) is 0 Å². The zero-order valence-electron chi connectivity index (χ0n) is 13.8. The van der Waals surface area contributed by atoms with Gasteiger partial charge in [0.1, 0.15) is 0 Å². The fourth-order valence-electron chi connectivity index (χ4n) is 3.65. The Balaban J connectivity index is 1.65. The molecular formula is C20H25NOS. The summed E-state index contributed by atoms with van der Waals surface area (Å²) in [5, 5.41) is 7.58. The van der Waals surface area contributed by atoms with E-state index in [1.807, 2.05) is 12.1 Å². The van der Waals surface area contributed by atoms with E-state index in [1.165, 1.54) is 36.8 Å². The Morgan fingerprint density at radius 2 is 1.91 bits per heavy atom. The predicted molar refractivity (Wildman–Crippen MR) is 97.2 cm³/mol. The zero-order valence-corrected chi connectivity index (χ0v) is 14.6. The quantitative estimate of drug-likeness (QED) is 0.800. The van der Waals surface area contributed by atoms with Crippen LogP contribution in [0.1, 0.15) is 60.5 Å². The standard InChI is InChI=1S/C20H25NOS/c1-2-5-16-6-8-17(9-7-16)19(22)21-15-20(11-3-4-12-20)18-10-13-23-14-18/h6-10,13-14H,2-5,11-12,15H2,1H3,(H,21,22). The van der Waals surface area contributed by atoms with Crippen LogP contribution in [-0.2, 0) is 11.8 Å². The molecule has 1 aliphatic carbocycles. The molecule has 0 aliphatic heterocycles. The van der Waals surface area contributed by atoms with Crippen molar-refractivity contribution >= 4 is 17.2 Å². The summed E-state index contributed by atoms with van der Waals surface area (Å²) >= 11 is 1.75. The molecule has 0 bridgehead atoms. The van der Waals surface area contributed by atoms with E-state index in [9.17, 15) is 4.79 Å². The molecule has 0 unspecified atom stereocenters. The summed E-state index contributed by atoms with van der Waals surface area (Å²) in [7, 11) is 0. The fraction of sp³-hybridized carbons (Fsp3) is 0.450. The molecule has 0 atom stereocenters. The maximum absolute atomic E-state index is 12.5. The van der Waals surface area contributed by atoms with Crippen LogP contribution in [0.15, 0.2) is 41.1 Å². The van der Waals surface area contributed by atoms with Gasteiger partial charge in [-0.25, -0.2) is 0 Å². The van der Waals surface area contributed by atoms with Crippen LogP contribution in [0.25, 0.3) is 0 Å². The third kappa shape index (κ3) is 3.66. The van der Waals surface area contributed by atoms with Crippen molar-refractivity contribution in [3.05, 3.63) is 57.8 Å². The number of rotatable bonds is 6. The molecule has 1 N–H and O–H groups in total. The SMILES string of the molecule is CCCc1ccc(C(=O)NCC2(c3ccsc3)CCCC2)cc1. The lowest BCUT2D eigenvalue weighted by atomic mass is 9.80. The van der Waals surface area contributed by atoms with Crippen LogP contribution in [0.5, 0.6) is 0 Å². The second-order valence-electron chi connectivity index (χ2n) is 6.63. The van der Waals surface area contributed by atoms with E-state index in [0.29, 0.717) is 0 Å². The third-order valence-corrected chi connectivity index (χ3v) is 5.72. The molecule has 23 heavy (non-hydrogen) atoms. The summed E-state index contributed by atoms with van der Waals surface area (Å²) in [4.78, 5) is 12.5. The molecule has 3 heteroatoms. The number of carbonyl (C=O) groups excluding carboxylic acids is 1. The molecule has 1 fully saturated rings. The molecule has 1 aromatic carbocycles. The van der Waals surface area contributed by atoms with Gasteiger partial charge >= 0.3 is 0 Å². The minimum absolute atomic E-state index is 0.0505. The highest BCUT2D eigenvalue weighted by Gasteiger charge is 2.36. The summed E-state index contributed by atoms with van der Waals surface area (Å²) in [5.74, 6) is 0.0505. The van der Waals surface area contributed by atoms with Gasteiger partial charge in [-0.3, -0.25) is 4.79 Å². The van der Waals surface area contributed by atoms with Gasteiger partial charge in [0.15, 0.2) is 0 Å². The highest BCUT2D eigenvalue weighted by atomic mass is 32.1. The molecule has 1 saturated carbocycles. The van der Waals surface area contributed by atoms with Crippen molar-refractivity contribution in [3.8, 4) is 0 Å². The number of nitrogens with one attached hydrogen (secondary N) is 1. The first kappa shape index (κ1) is 16.3. The maximum Gasteiger partial charge on any atom is 0.251 e. The largest absolute Gasteiger partial charge is 0.351 e. The van der Waals surface area contributed by atoms with Crippen LogP contribution < -0.4 is 5.32 Å². The van der Waals surface area contributed by atoms with Crippen molar-refractivity contribution in [1.82, 2.24) is 5.32 Å². The van der Waals surface area contributed by atoms with Crippen molar-refractivity contribution in [2.75, 3.05) is 6.54 Å². The van der Waals surface area contributed by atoms with Gasteiger partial charge < -0.3 is 5.32 Å². The lowest BCUT2D eigenvalue weighted by molar-refractivity contribution is 0.0943. The Morgan fingerprint density at radius 3 is 2.52 bits per heavy atom. The van der Waals surface area contributed by atoms with Gasteiger partial charge in [0.05, 0.1) is 0 Å². The molecule has 1 aromatic heterocycles. The van der Waals surface area contributed by atoms with Gasteiger partial charge in [-0.2, -0.15) is 11.3 Å². The van der Waals surface area contributed by atoms with E-state index in [1.54, 1.807) is 11.3 Å². The summed E-state index contributed by atoms with van der Waals surface area (Å²) in [5.41, 5.74) is 3.62. The number of hydrogen-bond acceptors (Lipinski definition) is 2. The maximum atomic E-state index is 12.5. The molecule has 1 heterocycles. The smallest absolute Gasteiger partial charge is 0.251 e. The zero-order chi connectivity index (χ0) is 16.1. The number of thiophene rings is 1. The lowest BCUT2D eigenvalue weighted by Crippen LogP contribution is -2.38. The minimum Gasteiger partial charge on any atom is -0.351 e. The lowest BCUT2D eigenvalue weighted by Gasteiger charge is -2.28. The van der Waals surface area contributed by atoms with Crippen molar-refractivity contribution in [1.29, 1.82) is 0 Å². The second-order valence-corrected chi connectivity index (χ2v) is 7.41. The Labute approximate surface area is 142 Å². The molecular weight excluding hydrogens is 302 g/mol. The van der Waals surface area contributed by atoms with Gasteiger partial charge in [-0.1, -0.05) is 38.3 Å². The minimum atomic E-state index is 0.0505. The Bertz CT molecular complexity index is 624. The summed E-state index contributed by atoms with van der Waals surface area (Å²) < 4.78 is 0. The number of aryl methyl sites for hydroxylation is 1. The van der Waals surface area contributed by atoms with Gasteiger partial charge in [0, 0.05) is 17.5 Å². The van der Waals surface area contributed by atoms with E-state index in [-0.39, 0.29) is 11.3 Å². The Morgan fingerprint density at radius 1 is 1.17 bits per heavy atom. The average molecular weight is 327 g/mol. The van der Waals surface area contributed by atoms with E-state index >= 15 is 0 Å². The van der Waals surface area contributed by atoms with Crippen molar-refractivity contribution < 1.29 is 4.79 Å². The predicted octanol–water partition coefficient (Wildman–Crippen LogP) is 4.94. The topological polar surface area (TPSA) is 29.1 Å². The van der Waals surface area contributed by atoms with Crippen LogP contribution in [0.3, 0.4) is 0 Å². The summed E-state index contributed by atoms with van der Waals surface area (Å²) in [6.07, 6.45) is 7.09.